The van der Waals surface area contributed by atoms with Crippen molar-refractivity contribution in [3.63, 3.8) is 0 Å². The van der Waals surface area contributed by atoms with Crippen molar-refractivity contribution in [1.82, 2.24) is 19.6 Å². The van der Waals surface area contributed by atoms with Gasteiger partial charge in [0.05, 0.1) is 19.9 Å². The first-order valence-corrected chi connectivity index (χ1v) is 14.8. The minimum absolute atomic E-state index is 0.382. The molecule has 2 N–H and O–H groups in total. The zero-order valence-electron chi connectivity index (χ0n) is 26.2. The van der Waals surface area contributed by atoms with Crippen molar-refractivity contribution >= 4 is 34.8 Å². The molecule has 0 aliphatic rings. The van der Waals surface area contributed by atoms with Crippen LogP contribution in [0.25, 0.3) is 22.5 Å². The van der Waals surface area contributed by atoms with Crippen LogP contribution in [0.2, 0.25) is 0 Å². The van der Waals surface area contributed by atoms with Gasteiger partial charge in [0.15, 0.2) is 11.4 Å². The van der Waals surface area contributed by atoms with E-state index >= 15 is 0 Å². The maximum Gasteiger partial charge on any atom is 0.258 e. The number of hydrogen-bond donors (Lipinski definition) is 2. The number of aldehydes is 1. The third-order valence-corrected chi connectivity index (χ3v) is 6.97. The highest BCUT2D eigenvalue weighted by Crippen LogP contribution is 2.32. The zero-order valence-corrected chi connectivity index (χ0v) is 26.2. The van der Waals surface area contributed by atoms with Crippen LogP contribution in [0.15, 0.2) is 79.3 Å². The number of carbonyl (C=O) groups excluding carboxylic acids is 1. The number of rotatable bonds is 11. The molecule has 0 radical (unpaired) electrons. The van der Waals surface area contributed by atoms with Crippen LogP contribution >= 0.6 is 0 Å². The molecule has 9 heteroatoms. The summed E-state index contributed by atoms with van der Waals surface area (Å²) in [7, 11) is 3.13. The normalized spacial score (nSPS) is 11.0. The summed E-state index contributed by atoms with van der Waals surface area (Å²) in [5.41, 5.74) is 7.92. The number of aromatic nitrogens is 4. The summed E-state index contributed by atoms with van der Waals surface area (Å²) in [6.45, 7) is 8.40. The molecule has 0 saturated carbocycles. The molecule has 5 rings (SSSR count). The van der Waals surface area contributed by atoms with E-state index in [1.54, 1.807) is 24.8 Å². The number of hydrogen-bond acceptors (Lipinski definition) is 8. The fraction of sp³-hybridized carbons (Fsp3) is 0.257. The number of carbonyl (C=O) groups is 1. The molecule has 3 heterocycles. The number of anilines is 3. The monoisotopic (exact) mass is 592 g/mol. The second kappa shape index (κ2) is 15.3. The third-order valence-electron chi connectivity index (χ3n) is 6.97. The first-order chi connectivity index (χ1) is 21.4. The molecule has 0 atom stereocenters. The van der Waals surface area contributed by atoms with Gasteiger partial charge in [0.25, 0.3) is 5.88 Å². The summed E-state index contributed by atoms with van der Waals surface area (Å²) in [4.78, 5) is 20.2. The molecule has 0 saturated heterocycles. The second-order valence-electron chi connectivity index (χ2n) is 10.1. The van der Waals surface area contributed by atoms with Gasteiger partial charge in [0.1, 0.15) is 18.4 Å². The van der Waals surface area contributed by atoms with E-state index in [2.05, 4.69) is 70.7 Å². The Labute approximate surface area is 259 Å². The SMILES string of the molecule is CCC=C(Nc1ccc(C=O)c(C)c1)c1cccc(-c2cc(Nc3ccc(OC)c(OC)n3)c3ncnn3c2)c1.CCCC. The van der Waals surface area contributed by atoms with Crippen LogP contribution in [-0.4, -0.2) is 40.1 Å². The summed E-state index contributed by atoms with van der Waals surface area (Å²) < 4.78 is 12.4. The van der Waals surface area contributed by atoms with E-state index in [0.29, 0.717) is 28.7 Å². The lowest BCUT2D eigenvalue weighted by Gasteiger charge is -2.15. The molecule has 0 spiro atoms. The number of aryl methyl sites for hydroxylation is 1. The van der Waals surface area contributed by atoms with E-state index in [-0.39, 0.29) is 0 Å². The molecule has 0 unspecified atom stereocenters. The van der Waals surface area contributed by atoms with E-state index in [1.165, 1.54) is 19.2 Å². The van der Waals surface area contributed by atoms with E-state index in [0.717, 1.165) is 52.0 Å². The van der Waals surface area contributed by atoms with Crippen LogP contribution < -0.4 is 20.1 Å². The van der Waals surface area contributed by atoms with Gasteiger partial charge in [-0.1, -0.05) is 57.9 Å². The van der Waals surface area contributed by atoms with Crippen molar-refractivity contribution in [2.45, 2.75) is 47.0 Å². The summed E-state index contributed by atoms with van der Waals surface area (Å²) >= 11 is 0. The van der Waals surface area contributed by atoms with Crippen molar-refractivity contribution in [2.75, 3.05) is 24.9 Å². The minimum atomic E-state index is 0.382. The van der Waals surface area contributed by atoms with E-state index < -0.39 is 0 Å². The van der Waals surface area contributed by atoms with Crippen LogP contribution in [0.3, 0.4) is 0 Å². The number of methoxy groups -OCH3 is 2. The van der Waals surface area contributed by atoms with Crippen molar-refractivity contribution in [2.24, 2.45) is 0 Å². The van der Waals surface area contributed by atoms with E-state index in [4.69, 9.17) is 9.47 Å². The molecule has 3 aromatic heterocycles. The van der Waals surface area contributed by atoms with Gasteiger partial charge in [-0.15, -0.1) is 0 Å². The Kier molecular flexibility index (Phi) is 11.1. The predicted octanol–water partition coefficient (Wildman–Crippen LogP) is 8.34. The molecular formula is C35H40N6O3. The highest BCUT2D eigenvalue weighted by molar-refractivity contribution is 5.84. The summed E-state index contributed by atoms with van der Waals surface area (Å²) in [6, 6.07) is 19.7. The van der Waals surface area contributed by atoms with Gasteiger partial charge in [-0.05, 0) is 72.5 Å². The predicted molar refractivity (Wildman–Crippen MR) is 178 cm³/mol. The van der Waals surface area contributed by atoms with Gasteiger partial charge in [-0.2, -0.15) is 10.1 Å². The van der Waals surface area contributed by atoms with E-state index in [9.17, 15) is 4.79 Å². The topological polar surface area (TPSA) is 103 Å². The largest absolute Gasteiger partial charge is 0.491 e. The Morgan fingerprint density at radius 2 is 1.77 bits per heavy atom. The Hall–Kier alpha value is -5.18. The summed E-state index contributed by atoms with van der Waals surface area (Å²) in [6.07, 6.45) is 9.99. The number of allylic oxidation sites excluding steroid dienone is 1. The Bertz CT molecular complexity index is 1740. The van der Waals surface area contributed by atoms with Gasteiger partial charge in [0.2, 0.25) is 0 Å². The maximum absolute atomic E-state index is 11.2. The van der Waals surface area contributed by atoms with Gasteiger partial charge in [0, 0.05) is 28.7 Å². The van der Waals surface area contributed by atoms with Crippen molar-refractivity contribution in [1.29, 1.82) is 0 Å². The fourth-order valence-corrected chi connectivity index (χ4v) is 4.47. The molecule has 44 heavy (non-hydrogen) atoms. The summed E-state index contributed by atoms with van der Waals surface area (Å²) in [5, 5.41) is 11.3. The maximum atomic E-state index is 11.2. The number of ether oxygens (including phenoxy) is 2. The van der Waals surface area contributed by atoms with Crippen LogP contribution in [0, 0.1) is 6.92 Å². The number of fused-ring (bicyclic) bond motifs is 1. The molecule has 0 bridgehead atoms. The highest BCUT2D eigenvalue weighted by atomic mass is 16.5. The minimum Gasteiger partial charge on any atom is -0.491 e. The second-order valence-corrected chi connectivity index (χ2v) is 10.1. The first kappa shape index (κ1) is 31.7. The smallest absolute Gasteiger partial charge is 0.258 e. The van der Waals surface area contributed by atoms with Crippen LogP contribution in [0.4, 0.5) is 17.2 Å². The van der Waals surface area contributed by atoms with E-state index in [1.807, 2.05) is 49.5 Å². The molecule has 0 aliphatic heterocycles. The molecular weight excluding hydrogens is 552 g/mol. The van der Waals surface area contributed by atoms with Crippen LogP contribution in [0.1, 0.15) is 61.5 Å². The number of unbranched alkanes of at least 4 members (excludes halogenated alkanes) is 1. The van der Waals surface area contributed by atoms with Crippen molar-refractivity contribution in [3.8, 4) is 22.8 Å². The average molecular weight is 593 g/mol. The zero-order chi connectivity index (χ0) is 31.5. The highest BCUT2D eigenvalue weighted by Gasteiger charge is 2.13. The molecule has 9 nitrogen and oxygen atoms in total. The quantitative estimate of drug-likeness (QED) is 0.148. The number of benzene rings is 2. The molecule has 2 aromatic carbocycles. The molecule has 0 aliphatic carbocycles. The lowest BCUT2D eigenvalue weighted by Crippen LogP contribution is -2.02. The Morgan fingerprint density at radius 3 is 2.45 bits per heavy atom. The number of pyridine rings is 2. The Morgan fingerprint density at radius 1 is 0.955 bits per heavy atom. The Balaban J connectivity index is 0.00000104. The van der Waals surface area contributed by atoms with Gasteiger partial charge in [-0.25, -0.2) is 9.50 Å². The van der Waals surface area contributed by atoms with Gasteiger partial charge < -0.3 is 20.1 Å². The molecule has 0 fully saturated rings. The number of nitrogens with zero attached hydrogens (tertiary/aromatic N) is 4. The van der Waals surface area contributed by atoms with Gasteiger partial charge in [-0.3, -0.25) is 4.79 Å². The van der Waals surface area contributed by atoms with Crippen LogP contribution in [-0.2, 0) is 0 Å². The molecule has 228 valence electrons. The first-order valence-electron chi connectivity index (χ1n) is 14.8. The lowest BCUT2D eigenvalue weighted by molar-refractivity contribution is 0.112. The summed E-state index contributed by atoms with van der Waals surface area (Å²) in [5.74, 6) is 1.51. The standard InChI is InChI=1S/C31H30N6O3.C4H10/c1-5-7-26(34-25-11-10-23(18-38)20(2)14-25)22-9-6-8-21(15-22)24-16-27(30-32-19-33-37(30)17-24)35-29-13-12-28(39-3)31(36-29)40-4;1-3-4-2/h6-19,34H,5H2,1-4H3,(H,35,36);3-4H2,1-2H3. The molecule has 5 aromatic rings. The molecule has 0 amide bonds. The fourth-order valence-electron chi connectivity index (χ4n) is 4.47. The third kappa shape index (κ3) is 7.60. The van der Waals surface area contributed by atoms with Gasteiger partial charge >= 0.3 is 0 Å². The van der Waals surface area contributed by atoms with Crippen molar-refractivity contribution < 1.29 is 14.3 Å². The van der Waals surface area contributed by atoms with Crippen molar-refractivity contribution in [3.05, 3.63) is 96.0 Å². The average Bonchev–Trinajstić information content (AvgIpc) is 3.54. The number of nitrogens with one attached hydrogen (secondary N) is 2. The van der Waals surface area contributed by atoms with Crippen LogP contribution in [0.5, 0.6) is 11.6 Å². The lowest BCUT2D eigenvalue weighted by atomic mass is 10.0.